The summed E-state index contributed by atoms with van der Waals surface area (Å²) in [6.07, 6.45) is -0.703. The van der Waals surface area contributed by atoms with Gasteiger partial charge in [0.25, 0.3) is 0 Å². The van der Waals surface area contributed by atoms with Gasteiger partial charge >= 0.3 is 0 Å². The molecule has 0 aliphatic rings. The van der Waals surface area contributed by atoms with E-state index >= 15 is 0 Å². The molecule has 2 rings (SSSR count). The zero-order valence-electron chi connectivity index (χ0n) is 10.9. The summed E-state index contributed by atoms with van der Waals surface area (Å²) in [5.41, 5.74) is 4.29. The van der Waals surface area contributed by atoms with Gasteiger partial charge < -0.3 is 5.11 Å². The Hall–Kier alpha value is -1.67. The summed E-state index contributed by atoms with van der Waals surface area (Å²) < 4.78 is 13.3. The van der Waals surface area contributed by atoms with E-state index in [2.05, 4.69) is 0 Å². The molecule has 94 valence electrons. The van der Waals surface area contributed by atoms with E-state index < -0.39 is 6.10 Å². The second-order valence-corrected chi connectivity index (χ2v) is 4.77. The van der Waals surface area contributed by atoms with Gasteiger partial charge in [0.05, 0.1) is 0 Å². The molecule has 1 N–H and O–H groups in total. The van der Waals surface area contributed by atoms with Crippen LogP contribution >= 0.6 is 0 Å². The van der Waals surface area contributed by atoms with Gasteiger partial charge in [-0.25, -0.2) is 4.39 Å². The molecule has 0 saturated heterocycles. The standard InChI is InChI=1S/C16H17FO/c1-10-5-4-6-13(7-10)16(18)15-11(2)8-14(17)9-12(15)3/h4-9,16,18H,1-3H3. The summed E-state index contributed by atoms with van der Waals surface area (Å²) in [6, 6.07) is 10.7. The van der Waals surface area contributed by atoms with Crippen molar-refractivity contribution in [1.29, 1.82) is 0 Å². The van der Waals surface area contributed by atoms with Crippen molar-refractivity contribution in [2.75, 3.05) is 0 Å². The Morgan fingerprint density at radius 3 is 2.17 bits per heavy atom. The van der Waals surface area contributed by atoms with Crippen molar-refractivity contribution >= 4 is 0 Å². The molecule has 2 heteroatoms. The van der Waals surface area contributed by atoms with Crippen molar-refractivity contribution in [3.8, 4) is 0 Å². The summed E-state index contributed by atoms with van der Waals surface area (Å²) in [6.45, 7) is 5.63. The normalized spacial score (nSPS) is 12.5. The predicted octanol–water partition coefficient (Wildman–Crippen LogP) is 3.83. The molecule has 1 nitrogen and oxygen atoms in total. The van der Waals surface area contributed by atoms with Crippen LogP contribution in [0.3, 0.4) is 0 Å². The van der Waals surface area contributed by atoms with Gasteiger partial charge in [0.15, 0.2) is 0 Å². The summed E-state index contributed by atoms with van der Waals surface area (Å²) in [5.74, 6) is -0.259. The van der Waals surface area contributed by atoms with E-state index in [0.29, 0.717) is 0 Å². The van der Waals surface area contributed by atoms with E-state index in [4.69, 9.17) is 0 Å². The monoisotopic (exact) mass is 244 g/mol. The van der Waals surface area contributed by atoms with Crippen molar-refractivity contribution in [3.05, 3.63) is 70.0 Å². The highest BCUT2D eigenvalue weighted by atomic mass is 19.1. The Balaban J connectivity index is 2.49. The van der Waals surface area contributed by atoms with E-state index in [1.54, 1.807) is 0 Å². The first-order valence-corrected chi connectivity index (χ1v) is 6.00. The highest BCUT2D eigenvalue weighted by Gasteiger charge is 2.16. The van der Waals surface area contributed by atoms with Gasteiger partial charge in [-0.15, -0.1) is 0 Å². The molecule has 0 aromatic heterocycles. The Labute approximate surface area is 107 Å². The number of aliphatic hydroxyl groups excluding tert-OH is 1. The maximum Gasteiger partial charge on any atom is 0.123 e. The van der Waals surface area contributed by atoms with Gasteiger partial charge in [0, 0.05) is 0 Å². The Bertz CT molecular complexity index is 552. The lowest BCUT2D eigenvalue weighted by Crippen LogP contribution is -2.05. The largest absolute Gasteiger partial charge is 0.384 e. The smallest absolute Gasteiger partial charge is 0.123 e. The van der Waals surface area contributed by atoms with Crippen molar-refractivity contribution < 1.29 is 9.50 Å². The van der Waals surface area contributed by atoms with Crippen molar-refractivity contribution in [2.24, 2.45) is 0 Å². The second kappa shape index (κ2) is 4.91. The molecule has 1 atom stereocenters. The van der Waals surface area contributed by atoms with E-state index in [-0.39, 0.29) is 5.82 Å². The van der Waals surface area contributed by atoms with Crippen LogP contribution in [-0.4, -0.2) is 5.11 Å². The molecule has 0 fully saturated rings. The molecule has 0 aliphatic carbocycles. The number of aryl methyl sites for hydroxylation is 3. The van der Waals surface area contributed by atoms with Crippen molar-refractivity contribution in [1.82, 2.24) is 0 Å². The number of halogens is 1. The Morgan fingerprint density at radius 1 is 1.00 bits per heavy atom. The predicted molar refractivity (Wildman–Crippen MR) is 71.1 cm³/mol. The lowest BCUT2D eigenvalue weighted by molar-refractivity contribution is 0.218. The van der Waals surface area contributed by atoms with Gasteiger partial charge in [-0.3, -0.25) is 0 Å². The van der Waals surface area contributed by atoms with Gasteiger partial charge in [0.2, 0.25) is 0 Å². The van der Waals surface area contributed by atoms with Gasteiger partial charge in [0.1, 0.15) is 11.9 Å². The minimum atomic E-state index is -0.703. The Kier molecular flexibility index (Phi) is 3.48. The molecule has 0 spiro atoms. The third-order valence-electron chi connectivity index (χ3n) is 3.19. The number of rotatable bonds is 2. The molecule has 0 aliphatic heterocycles. The molecule has 1 unspecified atom stereocenters. The lowest BCUT2D eigenvalue weighted by Gasteiger charge is -2.17. The van der Waals surface area contributed by atoms with Crippen LogP contribution in [0.1, 0.15) is 33.9 Å². The van der Waals surface area contributed by atoms with E-state index in [1.165, 1.54) is 12.1 Å². The number of aliphatic hydroxyl groups is 1. The highest BCUT2D eigenvalue weighted by Crippen LogP contribution is 2.28. The minimum absolute atomic E-state index is 0.259. The molecule has 0 saturated carbocycles. The van der Waals surface area contributed by atoms with Crippen molar-refractivity contribution in [3.63, 3.8) is 0 Å². The average Bonchev–Trinajstić information content (AvgIpc) is 2.27. The molecule has 0 amide bonds. The highest BCUT2D eigenvalue weighted by molar-refractivity contribution is 5.41. The molecule has 2 aromatic carbocycles. The summed E-state index contributed by atoms with van der Waals surface area (Å²) >= 11 is 0. The topological polar surface area (TPSA) is 20.2 Å². The molecule has 0 radical (unpaired) electrons. The van der Waals surface area contributed by atoms with E-state index in [9.17, 15) is 9.50 Å². The van der Waals surface area contributed by atoms with Crippen LogP contribution in [0, 0.1) is 26.6 Å². The molecular weight excluding hydrogens is 227 g/mol. The molecule has 18 heavy (non-hydrogen) atoms. The molecular formula is C16H17FO. The van der Waals surface area contributed by atoms with Crippen LogP contribution in [-0.2, 0) is 0 Å². The lowest BCUT2D eigenvalue weighted by atomic mass is 9.93. The van der Waals surface area contributed by atoms with Crippen molar-refractivity contribution in [2.45, 2.75) is 26.9 Å². The van der Waals surface area contributed by atoms with Gasteiger partial charge in [-0.05, 0) is 55.2 Å². The van der Waals surface area contributed by atoms with Crippen LogP contribution < -0.4 is 0 Å². The molecule has 2 aromatic rings. The third kappa shape index (κ3) is 2.44. The summed E-state index contributed by atoms with van der Waals surface area (Å²) in [7, 11) is 0. The van der Waals surface area contributed by atoms with Gasteiger partial charge in [-0.1, -0.05) is 29.8 Å². The minimum Gasteiger partial charge on any atom is -0.384 e. The van der Waals surface area contributed by atoms with E-state index in [1.807, 2.05) is 45.0 Å². The van der Waals surface area contributed by atoms with Crippen LogP contribution in [0.4, 0.5) is 4.39 Å². The summed E-state index contributed by atoms with van der Waals surface area (Å²) in [4.78, 5) is 0. The summed E-state index contributed by atoms with van der Waals surface area (Å²) in [5, 5.41) is 10.4. The number of hydrogen-bond acceptors (Lipinski definition) is 1. The van der Waals surface area contributed by atoms with Crippen LogP contribution in [0.15, 0.2) is 36.4 Å². The van der Waals surface area contributed by atoms with E-state index in [0.717, 1.165) is 27.8 Å². The fourth-order valence-corrected chi connectivity index (χ4v) is 2.36. The first-order chi connectivity index (χ1) is 8.49. The van der Waals surface area contributed by atoms with Gasteiger partial charge in [-0.2, -0.15) is 0 Å². The molecule has 0 bridgehead atoms. The quantitative estimate of drug-likeness (QED) is 0.851. The average molecular weight is 244 g/mol. The maximum atomic E-state index is 13.3. The third-order valence-corrected chi connectivity index (χ3v) is 3.19. The first-order valence-electron chi connectivity index (χ1n) is 6.00. The SMILES string of the molecule is Cc1cccc(C(O)c2c(C)cc(F)cc2C)c1. The number of hydrogen-bond donors (Lipinski definition) is 1. The van der Waals surface area contributed by atoms with Crippen LogP contribution in [0.25, 0.3) is 0 Å². The fraction of sp³-hybridized carbons (Fsp3) is 0.250. The van der Waals surface area contributed by atoms with Crippen LogP contribution in [0.2, 0.25) is 0 Å². The Morgan fingerprint density at radius 2 is 1.61 bits per heavy atom. The maximum absolute atomic E-state index is 13.3. The van der Waals surface area contributed by atoms with Crippen LogP contribution in [0.5, 0.6) is 0 Å². The zero-order chi connectivity index (χ0) is 13.3. The number of benzene rings is 2. The first kappa shape index (κ1) is 12.8. The molecule has 0 heterocycles. The zero-order valence-corrected chi connectivity index (χ0v) is 10.9. The fourth-order valence-electron chi connectivity index (χ4n) is 2.36. The second-order valence-electron chi connectivity index (χ2n) is 4.77.